The van der Waals surface area contributed by atoms with E-state index in [2.05, 4.69) is 24.1 Å². The van der Waals surface area contributed by atoms with Gasteiger partial charge in [-0.15, -0.1) is 0 Å². The van der Waals surface area contributed by atoms with Crippen molar-refractivity contribution in [2.24, 2.45) is 5.92 Å². The number of alkyl halides is 3. The summed E-state index contributed by atoms with van der Waals surface area (Å²) in [6, 6.07) is 1.90. The average molecular weight is 303 g/mol. The lowest BCUT2D eigenvalue weighted by atomic mass is 10.1. The highest BCUT2D eigenvalue weighted by molar-refractivity contribution is 5.47. The lowest BCUT2D eigenvalue weighted by Crippen LogP contribution is -2.35. The van der Waals surface area contributed by atoms with E-state index in [9.17, 15) is 13.2 Å². The molecule has 1 N–H and O–H groups in total. The Morgan fingerprint density at radius 3 is 2.48 bits per heavy atom. The Kier molecular flexibility index (Phi) is 6.45. The molecule has 0 fully saturated rings. The predicted molar refractivity (Wildman–Crippen MR) is 79.5 cm³/mol. The number of anilines is 1. The molecule has 6 heteroatoms. The molecular weight excluding hydrogens is 279 g/mol. The normalized spacial score (nSPS) is 12.0. The molecule has 1 rings (SSSR count). The fourth-order valence-corrected chi connectivity index (χ4v) is 2.11. The molecule has 0 aromatic carbocycles. The summed E-state index contributed by atoms with van der Waals surface area (Å²) in [6.45, 7) is 8.62. The fourth-order valence-electron chi connectivity index (χ4n) is 2.11. The van der Waals surface area contributed by atoms with Gasteiger partial charge in [0.25, 0.3) is 0 Å². The van der Waals surface area contributed by atoms with Crippen LogP contribution in [0.25, 0.3) is 0 Å². The zero-order valence-corrected chi connectivity index (χ0v) is 13.1. The first-order chi connectivity index (χ1) is 9.73. The number of nitrogens with one attached hydrogen (secondary N) is 1. The third kappa shape index (κ3) is 6.33. The van der Waals surface area contributed by atoms with Crippen molar-refractivity contribution in [2.75, 3.05) is 24.5 Å². The molecule has 0 amide bonds. The Hall–Kier alpha value is -1.30. The van der Waals surface area contributed by atoms with Gasteiger partial charge in [0.2, 0.25) is 0 Å². The molecule has 0 unspecified atom stereocenters. The van der Waals surface area contributed by atoms with Crippen LogP contribution in [0.15, 0.2) is 12.3 Å². The van der Waals surface area contributed by atoms with Crippen molar-refractivity contribution < 1.29 is 13.2 Å². The van der Waals surface area contributed by atoms with Gasteiger partial charge in [0.15, 0.2) is 0 Å². The molecule has 0 aliphatic heterocycles. The van der Waals surface area contributed by atoms with Crippen LogP contribution in [0.2, 0.25) is 0 Å². The predicted octanol–water partition coefficient (Wildman–Crippen LogP) is 3.52. The van der Waals surface area contributed by atoms with Crippen molar-refractivity contribution in [3.8, 4) is 0 Å². The maximum Gasteiger partial charge on any atom is 0.405 e. The van der Waals surface area contributed by atoms with Crippen LogP contribution in [-0.2, 0) is 6.54 Å². The van der Waals surface area contributed by atoms with E-state index in [0.717, 1.165) is 17.7 Å². The van der Waals surface area contributed by atoms with E-state index in [1.807, 2.05) is 6.07 Å². The molecule has 1 heterocycles. The van der Waals surface area contributed by atoms with Gasteiger partial charge < -0.3 is 10.2 Å². The van der Waals surface area contributed by atoms with Crippen molar-refractivity contribution in [3.05, 3.63) is 23.4 Å². The van der Waals surface area contributed by atoms with Gasteiger partial charge >= 0.3 is 6.18 Å². The van der Waals surface area contributed by atoms with Crippen LogP contribution >= 0.6 is 0 Å². The SMILES string of the molecule is CCN(CC(F)(F)F)c1ncc(CNCC(C)C)cc1C. The summed E-state index contributed by atoms with van der Waals surface area (Å²) >= 11 is 0. The Labute approximate surface area is 124 Å². The van der Waals surface area contributed by atoms with E-state index in [0.29, 0.717) is 18.3 Å². The molecule has 0 radical (unpaired) electrons. The van der Waals surface area contributed by atoms with Gasteiger partial charge in [0.1, 0.15) is 12.4 Å². The number of aryl methyl sites for hydroxylation is 1. The second-order valence-corrected chi connectivity index (χ2v) is 5.64. The number of nitrogens with zero attached hydrogens (tertiary/aromatic N) is 2. The quantitative estimate of drug-likeness (QED) is 0.835. The van der Waals surface area contributed by atoms with Crippen molar-refractivity contribution in [2.45, 2.75) is 40.4 Å². The maximum atomic E-state index is 12.6. The Morgan fingerprint density at radius 2 is 2.00 bits per heavy atom. The summed E-state index contributed by atoms with van der Waals surface area (Å²) in [5, 5.41) is 3.30. The van der Waals surface area contributed by atoms with E-state index >= 15 is 0 Å². The van der Waals surface area contributed by atoms with Crippen LogP contribution in [0.1, 0.15) is 31.9 Å². The second-order valence-electron chi connectivity index (χ2n) is 5.64. The summed E-state index contributed by atoms with van der Waals surface area (Å²) < 4.78 is 37.7. The molecule has 0 aliphatic rings. The summed E-state index contributed by atoms with van der Waals surface area (Å²) in [4.78, 5) is 5.47. The third-order valence-electron chi connectivity index (χ3n) is 3.04. The van der Waals surface area contributed by atoms with E-state index < -0.39 is 12.7 Å². The summed E-state index contributed by atoms with van der Waals surface area (Å²) in [5.41, 5.74) is 1.75. The molecular formula is C15H24F3N3. The maximum absolute atomic E-state index is 12.6. The standard InChI is InChI=1S/C15H24F3N3/c1-5-21(10-15(16,17)18)14-12(4)6-13(9-20-14)8-19-7-11(2)3/h6,9,11,19H,5,7-8,10H2,1-4H3. The Bertz CT molecular complexity index is 444. The van der Waals surface area contributed by atoms with E-state index in [1.54, 1.807) is 20.0 Å². The van der Waals surface area contributed by atoms with Crippen LogP contribution in [0.5, 0.6) is 0 Å². The van der Waals surface area contributed by atoms with Crippen LogP contribution in [0.4, 0.5) is 19.0 Å². The largest absolute Gasteiger partial charge is 0.405 e. The first kappa shape index (κ1) is 17.8. The molecule has 21 heavy (non-hydrogen) atoms. The molecule has 0 aliphatic carbocycles. The molecule has 1 aromatic heterocycles. The van der Waals surface area contributed by atoms with Crippen LogP contribution < -0.4 is 10.2 Å². The molecule has 0 atom stereocenters. The summed E-state index contributed by atoms with van der Waals surface area (Å²) in [6.07, 6.45) is -2.57. The van der Waals surface area contributed by atoms with Gasteiger partial charge in [0.05, 0.1) is 0 Å². The third-order valence-corrected chi connectivity index (χ3v) is 3.04. The topological polar surface area (TPSA) is 28.2 Å². The molecule has 3 nitrogen and oxygen atoms in total. The van der Waals surface area contributed by atoms with E-state index in [4.69, 9.17) is 0 Å². The number of pyridine rings is 1. The lowest BCUT2D eigenvalue weighted by molar-refractivity contribution is -0.119. The number of hydrogen-bond donors (Lipinski definition) is 1. The molecule has 120 valence electrons. The second kappa shape index (κ2) is 7.64. The smallest absolute Gasteiger partial charge is 0.348 e. The lowest BCUT2D eigenvalue weighted by Gasteiger charge is -2.25. The molecule has 0 saturated carbocycles. The number of rotatable bonds is 7. The average Bonchev–Trinajstić information content (AvgIpc) is 2.35. The molecule has 1 aromatic rings. The molecule has 0 spiro atoms. The van der Waals surface area contributed by atoms with Crippen LogP contribution in [0, 0.1) is 12.8 Å². The van der Waals surface area contributed by atoms with E-state index in [1.165, 1.54) is 4.90 Å². The minimum absolute atomic E-state index is 0.276. The van der Waals surface area contributed by atoms with Crippen molar-refractivity contribution in [1.82, 2.24) is 10.3 Å². The van der Waals surface area contributed by atoms with E-state index in [-0.39, 0.29) is 6.54 Å². The highest BCUT2D eigenvalue weighted by Gasteiger charge is 2.31. The highest BCUT2D eigenvalue weighted by atomic mass is 19.4. The zero-order valence-electron chi connectivity index (χ0n) is 13.1. The monoisotopic (exact) mass is 303 g/mol. The minimum Gasteiger partial charge on any atom is -0.348 e. The van der Waals surface area contributed by atoms with Crippen LogP contribution in [0.3, 0.4) is 0 Å². The van der Waals surface area contributed by atoms with Crippen molar-refractivity contribution in [1.29, 1.82) is 0 Å². The van der Waals surface area contributed by atoms with Gasteiger partial charge in [-0.2, -0.15) is 13.2 Å². The van der Waals surface area contributed by atoms with Gasteiger partial charge in [-0.25, -0.2) is 4.98 Å². The van der Waals surface area contributed by atoms with Gasteiger partial charge in [-0.05, 0) is 43.5 Å². The Balaban J connectivity index is 2.76. The number of halogens is 3. The molecule has 0 bridgehead atoms. The molecule has 0 saturated heterocycles. The number of aromatic nitrogens is 1. The first-order valence-corrected chi connectivity index (χ1v) is 7.21. The minimum atomic E-state index is -4.22. The zero-order chi connectivity index (χ0) is 16.0. The fraction of sp³-hybridized carbons (Fsp3) is 0.667. The first-order valence-electron chi connectivity index (χ1n) is 7.21. The van der Waals surface area contributed by atoms with Crippen molar-refractivity contribution >= 4 is 5.82 Å². The van der Waals surface area contributed by atoms with Gasteiger partial charge in [0, 0.05) is 19.3 Å². The Morgan fingerprint density at radius 1 is 1.33 bits per heavy atom. The van der Waals surface area contributed by atoms with Gasteiger partial charge in [-0.3, -0.25) is 0 Å². The van der Waals surface area contributed by atoms with Gasteiger partial charge in [-0.1, -0.05) is 13.8 Å². The number of hydrogen-bond acceptors (Lipinski definition) is 3. The highest BCUT2D eigenvalue weighted by Crippen LogP contribution is 2.23. The van der Waals surface area contributed by atoms with Crippen molar-refractivity contribution in [3.63, 3.8) is 0 Å². The van der Waals surface area contributed by atoms with Crippen LogP contribution in [-0.4, -0.2) is 30.8 Å². The summed E-state index contributed by atoms with van der Waals surface area (Å²) in [5.74, 6) is 0.961. The summed E-state index contributed by atoms with van der Waals surface area (Å²) in [7, 11) is 0.